The van der Waals surface area contributed by atoms with Crippen molar-refractivity contribution >= 4 is 61.5 Å². The SMILES string of the molecule is O=C1C(Cl)=C(c2c[nH]c3cc(Br)ccc23)C(=O)N1c1ccccc1. The largest absolute Gasteiger partial charge is 0.361 e. The number of nitrogens with zero attached hydrogens (tertiary/aromatic N) is 1. The molecule has 1 aromatic heterocycles. The maximum absolute atomic E-state index is 12.9. The van der Waals surface area contributed by atoms with Crippen molar-refractivity contribution in [3.05, 3.63) is 69.8 Å². The molecule has 0 spiro atoms. The van der Waals surface area contributed by atoms with E-state index in [1.165, 1.54) is 0 Å². The second-order valence-corrected chi connectivity index (χ2v) is 6.66. The highest BCUT2D eigenvalue weighted by atomic mass is 79.9. The molecule has 6 heteroatoms. The number of aromatic nitrogens is 1. The van der Waals surface area contributed by atoms with Gasteiger partial charge in [-0.1, -0.05) is 51.8 Å². The minimum absolute atomic E-state index is 0.0623. The molecule has 2 aromatic carbocycles. The number of carbonyl (C=O) groups is 2. The quantitative estimate of drug-likeness (QED) is 0.645. The topological polar surface area (TPSA) is 53.2 Å². The maximum Gasteiger partial charge on any atom is 0.277 e. The summed E-state index contributed by atoms with van der Waals surface area (Å²) in [5, 5.41) is 0.773. The Morgan fingerprint density at radius 3 is 2.50 bits per heavy atom. The van der Waals surface area contributed by atoms with Crippen LogP contribution in [0, 0.1) is 0 Å². The highest BCUT2D eigenvalue weighted by Gasteiger charge is 2.39. The monoisotopic (exact) mass is 400 g/mol. The first-order valence-corrected chi connectivity index (χ1v) is 8.35. The number of nitrogens with one attached hydrogen (secondary N) is 1. The lowest BCUT2D eigenvalue weighted by molar-refractivity contribution is -0.119. The zero-order chi connectivity index (χ0) is 16.8. The van der Waals surface area contributed by atoms with Crippen LogP contribution < -0.4 is 4.90 Å². The Morgan fingerprint density at radius 2 is 1.75 bits per heavy atom. The number of hydrogen-bond donors (Lipinski definition) is 1. The van der Waals surface area contributed by atoms with Crippen LogP contribution in [0.1, 0.15) is 5.56 Å². The molecule has 118 valence electrons. The van der Waals surface area contributed by atoms with Gasteiger partial charge in [0.25, 0.3) is 11.8 Å². The third kappa shape index (κ3) is 2.20. The van der Waals surface area contributed by atoms with Crippen LogP contribution in [0.2, 0.25) is 0 Å². The van der Waals surface area contributed by atoms with E-state index < -0.39 is 11.8 Å². The van der Waals surface area contributed by atoms with Gasteiger partial charge in [0.1, 0.15) is 5.03 Å². The maximum atomic E-state index is 12.9. The number of benzene rings is 2. The van der Waals surface area contributed by atoms with Gasteiger partial charge in [-0.25, -0.2) is 4.90 Å². The third-order valence-electron chi connectivity index (χ3n) is 3.95. The summed E-state index contributed by atoms with van der Waals surface area (Å²) >= 11 is 9.65. The molecule has 1 aliphatic heterocycles. The molecular formula is C18H10BrClN2O2. The van der Waals surface area contributed by atoms with Gasteiger partial charge in [-0.2, -0.15) is 0 Å². The van der Waals surface area contributed by atoms with Gasteiger partial charge in [0.2, 0.25) is 0 Å². The molecule has 1 N–H and O–H groups in total. The number of amides is 2. The molecule has 24 heavy (non-hydrogen) atoms. The van der Waals surface area contributed by atoms with E-state index in [0.29, 0.717) is 11.3 Å². The molecule has 0 fully saturated rings. The van der Waals surface area contributed by atoms with Crippen molar-refractivity contribution < 1.29 is 9.59 Å². The van der Waals surface area contributed by atoms with E-state index in [1.54, 1.807) is 30.5 Å². The summed E-state index contributed by atoms with van der Waals surface area (Å²) < 4.78 is 0.920. The van der Waals surface area contributed by atoms with E-state index in [-0.39, 0.29) is 10.6 Å². The first-order chi connectivity index (χ1) is 11.6. The minimum Gasteiger partial charge on any atom is -0.361 e. The highest BCUT2D eigenvalue weighted by Crippen LogP contribution is 2.37. The number of imide groups is 1. The number of H-pyrrole nitrogens is 1. The molecule has 0 unspecified atom stereocenters. The number of aromatic amines is 1. The number of para-hydroxylation sites is 1. The fraction of sp³-hybridized carbons (Fsp3) is 0. The van der Waals surface area contributed by atoms with Gasteiger partial charge in [-0.05, 0) is 24.3 Å². The Balaban J connectivity index is 1.86. The van der Waals surface area contributed by atoms with Crippen molar-refractivity contribution in [2.24, 2.45) is 0 Å². The summed E-state index contributed by atoms with van der Waals surface area (Å²) in [6.07, 6.45) is 1.70. The van der Waals surface area contributed by atoms with Crippen molar-refractivity contribution in [3.63, 3.8) is 0 Å². The van der Waals surface area contributed by atoms with Gasteiger partial charge in [0.15, 0.2) is 0 Å². The summed E-state index contributed by atoms with van der Waals surface area (Å²) in [4.78, 5) is 29.6. The Morgan fingerprint density at radius 1 is 1.00 bits per heavy atom. The molecule has 0 bridgehead atoms. The molecule has 0 saturated heterocycles. The second kappa shape index (κ2) is 5.61. The van der Waals surface area contributed by atoms with E-state index in [2.05, 4.69) is 20.9 Å². The molecule has 1 aliphatic rings. The zero-order valence-corrected chi connectivity index (χ0v) is 14.6. The lowest BCUT2D eigenvalue weighted by atomic mass is 10.1. The molecule has 3 aromatic rings. The summed E-state index contributed by atoms with van der Waals surface area (Å²) in [5.74, 6) is -0.922. The molecule has 2 heterocycles. The van der Waals surface area contributed by atoms with Crippen molar-refractivity contribution in [3.8, 4) is 0 Å². The highest BCUT2D eigenvalue weighted by molar-refractivity contribution is 9.10. The first kappa shape index (κ1) is 15.2. The van der Waals surface area contributed by atoms with Gasteiger partial charge in [-0.15, -0.1) is 0 Å². The molecule has 0 aliphatic carbocycles. The van der Waals surface area contributed by atoms with Crippen LogP contribution >= 0.6 is 27.5 Å². The Labute approximate surface area is 150 Å². The number of anilines is 1. The normalized spacial score (nSPS) is 15.0. The predicted octanol–water partition coefficient (Wildman–Crippen LogP) is 4.45. The van der Waals surface area contributed by atoms with Crippen molar-refractivity contribution in [1.82, 2.24) is 4.98 Å². The first-order valence-electron chi connectivity index (χ1n) is 7.18. The van der Waals surface area contributed by atoms with E-state index >= 15 is 0 Å². The fourth-order valence-electron chi connectivity index (χ4n) is 2.85. The molecular weight excluding hydrogens is 392 g/mol. The third-order valence-corrected chi connectivity index (χ3v) is 4.80. The van der Waals surface area contributed by atoms with Gasteiger partial charge in [0.05, 0.1) is 11.3 Å². The van der Waals surface area contributed by atoms with Crippen LogP contribution in [0.15, 0.2) is 64.2 Å². The van der Waals surface area contributed by atoms with Crippen LogP contribution in [0.5, 0.6) is 0 Å². The summed E-state index contributed by atoms with van der Waals surface area (Å²) in [7, 11) is 0. The average Bonchev–Trinajstić information content (AvgIpc) is 3.07. The molecule has 4 nitrogen and oxygen atoms in total. The van der Waals surface area contributed by atoms with Crippen LogP contribution in [-0.2, 0) is 9.59 Å². The Bertz CT molecular complexity index is 1020. The van der Waals surface area contributed by atoms with Crippen LogP contribution in [0.25, 0.3) is 16.5 Å². The summed E-state index contributed by atoms with van der Waals surface area (Å²) in [6, 6.07) is 14.4. The second-order valence-electron chi connectivity index (χ2n) is 5.36. The van der Waals surface area contributed by atoms with E-state index in [1.807, 2.05) is 24.3 Å². The van der Waals surface area contributed by atoms with Gasteiger partial charge >= 0.3 is 0 Å². The fourth-order valence-corrected chi connectivity index (χ4v) is 3.48. The van der Waals surface area contributed by atoms with Crippen molar-refractivity contribution in [2.45, 2.75) is 0 Å². The van der Waals surface area contributed by atoms with E-state index in [9.17, 15) is 9.59 Å². The molecule has 2 amide bonds. The van der Waals surface area contributed by atoms with Crippen molar-refractivity contribution in [1.29, 1.82) is 0 Å². The standard InChI is InChI=1S/C18H10BrClN2O2/c19-10-6-7-12-13(9-21-14(12)8-10)15-16(20)18(24)22(17(15)23)11-4-2-1-3-5-11/h1-9,21H. The molecule has 4 rings (SSSR count). The number of carbonyl (C=O) groups excluding carboxylic acids is 2. The molecule has 0 radical (unpaired) electrons. The minimum atomic E-state index is -0.505. The van der Waals surface area contributed by atoms with E-state index in [0.717, 1.165) is 20.3 Å². The van der Waals surface area contributed by atoms with Gasteiger partial charge in [0, 0.05) is 27.1 Å². The smallest absolute Gasteiger partial charge is 0.277 e. The van der Waals surface area contributed by atoms with Crippen molar-refractivity contribution in [2.75, 3.05) is 4.90 Å². The number of fused-ring (bicyclic) bond motifs is 1. The zero-order valence-electron chi connectivity index (χ0n) is 12.2. The summed E-state index contributed by atoms with van der Waals surface area (Å²) in [5.41, 5.74) is 2.20. The Kier molecular flexibility index (Phi) is 3.55. The molecule has 0 atom stereocenters. The number of halogens is 2. The van der Waals surface area contributed by atoms with Crippen LogP contribution in [0.3, 0.4) is 0 Å². The lowest BCUT2D eigenvalue weighted by Crippen LogP contribution is -2.31. The average molecular weight is 402 g/mol. The Hall–Kier alpha value is -2.37. The molecule has 0 saturated carbocycles. The van der Waals surface area contributed by atoms with E-state index in [4.69, 9.17) is 11.6 Å². The van der Waals surface area contributed by atoms with Gasteiger partial charge < -0.3 is 4.98 Å². The summed E-state index contributed by atoms with van der Waals surface area (Å²) in [6.45, 7) is 0. The lowest BCUT2D eigenvalue weighted by Gasteiger charge is -2.14. The predicted molar refractivity (Wildman–Crippen MR) is 97.7 cm³/mol. The van der Waals surface area contributed by atoms with Gasteiger partial charge in [-0.3, -0.25) is 9.59 Å². The number of rotatable bonds is 2. The van der Waals surface area contributed by atoms with Crippen LogP contribution in [0.4, 0.5) is 5.69 Å². The number of hydrogen-bond acceptors (Lipinski definition) is 2. The van der Waals surface area contributed by atoms with Crippen LogP contribution in [-0.4, -0.2) is 16.8 Å².